The highest BCUT2D eigenvalue weighted by atomic mass is 32.2. The van der Waals surface area contributed by atoms with Gasteiger partial charge < -0.3 is 0 Å². The number of rotatable bonds is 4. The third kappa shape index (κ3) is 2.62. The monoisotopic (exact) mass is 314 g/mol. The molecule has 20 heavy (non-hydrogen) atoms. The minimum Gasteiger partial charge on any atom is -0.274 e. The molecule has 3 rings (SSSR count). The van der Waals surface area contributed by atoms with E-state index in [4.69, 9.17) is 0 Å². The van der Waals surface area contributed by atoms with Crippen molar-refractivity contribution in [3.05, 3.63) is 21.9 Å². The van der Waals surface area contributed by atoms with Crippen LogP contribution in [0.4, 0.5) is 0 Å². The summed E-state index contributed by atoms with van der Waals surface area (Å²) in [4.78, 5) is 13.3. The number of amides is 1. The van der Waals surface area contributed by atoms with Crippen LogP contribution in [0.5, 0.6) is 0 Å². The van der Waals surface area contributed by atoms with Crippen LogP contribution in [0.2, 0.25) is 0 Å². The van der Waals surface area contributed by atoms with E-state index >= 15 is 0 Å². The second-order valence-corrected chi connectivity index (χ2v) is 8.11. The zero-order valence-corrected chi connectivity index (χ0v) is 13.0. The zero-order chi connectivity index (χ0) is 14.3. The maximum Gasteiger partial charge on any atom is 0.303 e. The largest absolute Gasteiger partial charge is 0.303 e. The fourth-order valence-corrected chi connectivity index (χ4v) is 5.12. The van der Waals surface area contributed by atoms with Crippen molar-refractivity contribution in [3.63, 3.8) is 0 Å². The molecule has 2 fully saturated rings. The van der Waals surface area contributed by atoms with E-state index in [1.54, 1.807) is 11.3 Å². The Morgan fingerprint density at radius 1 is 1.40 bits per heavy atom. The number of carbonyl (C=O) groups excluding carboxylic acids is 1. The average Bonchev–Trinajstić information content (AvgIpc) is 2.81. The average molecular weight is 314 g/mol. The summed E-state index contributed by atoms with van der Waals surface area (Å²) in [5.74, 6) is -0.344. The third-order valence-corrected chi connectivity index (χ3v) is 6.66. The molecule has 0 aromatic carbocycles. The number of aryl methyl sites for hydroxylation is 1. The molecule has 0 spiro atoms. The summed E-state index contributed by atoms with van der Waals surface area (Å²) >= 11 is 1.64. The van der Waals surface area contributed by atoms with Gasteiger partial charge in [0.2, 0.25) is 5.91 Å². The fourth-order valence-electron chi connectivity index (χ4n) is 2.73. The summed E-state index contributed by atoms with van der Waals surface area (Å²) in [6.45, 7) is 3.06. The second-order valence-electron chi connectivity index (χ2n) is 5.49. The molecule has 1 N–H and O–H groups in total. The summed E-state index contributed by atoms with van der Waals surface area (Å²) < 4.78 is 27.7. The molecule has 5 nitrogen and oxygen atoms in total. The van der Waals surface area contributed by atoms with Crippen LogP contribution in [0.3, 0.4) is 0 Å². The van der Waals surface area contributed by atoms with Crippen molar-refractivity contribution >= 4 is 27.5 Å². The van der Waals surface area contributed by atoms with Gasteiger partial charge in [0.25, 0.3) is 0 Å². The normalized spacial score (nSPS) is 26.6. The van der Waals surface area contributed by atoms with Crippen LogP contribution < -0.4 is 4.72 Å². The number of carbonyl (C=O) groups is 1. The van der Waals surface area contributed by atoms with Crippen molar-refractivity contribution in [2.45, 2.75) is 32.1 Å². The molecule has 1 aromatic rings. The minimum absolute atomic E-state index is 0.190. The Morgan fingerprint density at radius 3 is 2.70 bits per heavy atom. The topological polar surface area (TPSA) is 66.5 Å². The highest BCUT2D eigenvalue weighted by Gasteiger charge is 2.46. The highest BCUT2D eigenvalue weighted by molar-refractivity contribution is 7.87. The Morgan fingerprint density at radius 2 is 2.10 bits per heavy atom. The van der Waals surface area contributed by atoms with Crippen LogP contribution in [-0.4, -0.2) is 31.7 Å². The molecule has 0 bridgehead atoms. The van der Waals surface area contributed by atoms with E-state index < -0.39 is 10.2 Å². The van der Waals surface area contributed by atoms with Crippen LogP contribution in [0.1, 0.15) is 35.6 Å². The van der Waals surface area contributed by atoms with Gasteiger partial charge in [0, 0.05) is 29.8 Å². The summed E-state index contributed by atoms with van der Waals surface area (Å²) in [6, 6.07) is 2.04. The zero-order valence-electron chi connectivity index (χ0n) is 11.3. The van der Waals surface area contributed by atoms with Crippen molar-refractivity contribution < 1.29 is 13.2 Å². The van der Waals surface area contributed by atoms with E-state index in [2.05, 4.69) is 4.72 Å². The lowest BCUT2D eigenvalue weighted by Crippen LogP contribution is -2.42. The maximum atomic E-state index is 12.1. The Bertz CT molecular complexity index is 617. The molecule has 0 radical (unpaired) electrons. The standard InChI is InChI=1S/C13H18N2O3S2/c1-9-4-7-19-12(9)10-8-11(10)13(16)14-20(17,18)15-5-2-3-6-15/h4,7,10-11H,2-3,5-6,8H2,1H3,(H,14,16). The van der Waals surface area contributed by atoms with Gasteiger partial charge in [-0.1, -0.05) is 0 Å². The van der Waals surface area contributed by atoms with Gasteiger partial charge in [-0.15, -0.1) is 11.3 Å². The fraction of sp³-hybridized carbons (Fsp3) is 0.615. The van der Waals surface area contributed by atoms with E-state index in [1.807, 2.05) is 18.4 Å². The molecule has 7 heteroatoms. The molecular formula is C13H18N2O3S2. The molecule has 2 heterocycles. The summed E-state index contributed by atoms with van der Waals surface area (Å²) in [6.07, 6.45) is 2.49. The Kier molecular flexibility index (Phi) is 3.60. The Hall–Kier alpha value is -0.920. The van der Waals surface area contributed by atoms with E-state index in [1.165, 1.54) is 14.7 Å². The molecule has 110 valence electrons. The first-order chi connectivity index (χ1) is 9.49. The molecule has 2 unspecified atom stereocenters. The predicted molar refractivity (Wildman–Crippen MR) is 77.8 cm³/mol. The van der Waals surface area contributed by atoms with Crippen LogP contribution >= 0.6 is 11.3 Å². The molecule has 1 aliphatic carbocycles. The van der Waals surface area contributed by atoms with Gasteiger partial charge in [-0.05, 0) is 43.2 Å². The van der Waals surface area contributed by atoms with Crippen LogP contribution in [0.25, 0.3) is 0 Å². The lowest BCUT2D eigenvalue weighted by Gasteiger charge is -2.15. The van der Waals surface area contributed by atoms with Gasteiger partial charge >= 0.3 is 10.2 Å². The smallest absolute Gasteiger partial charge is 0.274 e. The number of hydrogen-bond acceptors (Lipinski definition) is 4. The van der Waals surface area contributed by atoms with Gasteiger partial charge in [0.05, 0.1) is 0 Å². The first kappa shape index (κ1) is 14.0. The maximum absolute atomic E-state index is 12.1. The van der Waals surface area contributed by atoms with Crippen molar-refractivity contribution in [1.29, 1.82) is 0 Å². The number of hydrogen-bond donors (Lipinski definition) is 1. The molecule has 2 atom stereocenters. The quantitative estimate of drug-likeness (QED) is 0.918. The van der Waals surface area contributed by atoms with Gasteiger partial charge in [-0.25, -0.2) is 4.72 Å². The van der Waals surface area contributed by atoms with Crippen molar-refractivity contribution in [1.82, 2.24) is 9.03 Å². The van der Waals surface area contributed by atoms with Crippen molar-refractivity contribution in [2.75, 3.05) is 13.1 Å². The molecule has 1 aromatic heterocycles. The molecular weight excluding hydrogens is 296 g/mol. The molecule has 1 aliphatic heterocycles. The van der Waals surface area contributed by atoms with Crippen LogP contribution in [0.15, 0.2) is 11.4 Å². The second kappa shape index (κ2) is 5.13. The van der Waals surface area contributed by atoms with Gasteiger partial charge in [0.1, 0.15) is 0 Å². The molecule has 1 saturated carbocycles. The Balaban J connectivity index is 1.63. The summed E-state index contributed by atoms with van der Waals surface area (Å²) in [5.41, 5.74) is 1.19. The van der Waals surface area contributed by atoms with E-state index in [-0.39, 0.29) is 17.7 Å². The first-order valence-electron chi connectivity index (χ1n) is 6.85. The minimum atomic E-state index is -3.63. The Labute approximate surface area is 123 Å². The lowest BCUT2D eigenvalue weighted by molar-refractivity contribution is -0.120. The van der Waals surface area contributed by atoms with Gasteiger partial charge in [-0.2, -0.15) is 12.7 Å². The predicted octanol–water partition coefficient (Wildman–Crippen LogP) is 1.62. The highest BCUT2D eigenvalue weighted by Crippen LogP contribution is 2.50. The van der Waals surface area contributed by atoms with Crippen molar-refractivity contribution in [2.24, 2.45) is 5.92 Å². The van der Waals surface area contributed by atoms with E-state index in [0.717, 1.165) is 19.3 Å². The van der Waals surface area contributed by atoms with Gasteiger partial charge in [0.15, 0.2) is 0 Å². The van der Waals surface area contributed by atoms with Crippen LogP contribution in [0, 0.1) is 12.8 Å². The van der Waals surface area contributed by atoms with Gasteiger partial charge in [-0.3, -0.25) is 4.79 Å². The summed E-state index contributed by atoms with van der Waals surface area (Å²) in [5, 5.41) is 2.01. The first-order valence-corrected chi connectivity index (χ1v) is 9.17. The molecule has 1 amide bonds. The number of nitrogens with zero attached hydrogens (tertiary/aromatic N) is 1. The number of thiophene rings is 1. The lowest BCUT2D eigenvalue weighted by atomic mass is 10.2. The van der Waals surface area contributed by atoms with Crippen LogP contribution in [-0.2, 0) is 15.0 Å². The summed E-state index contributed by atoms with van der Waals surface area (Å²) in [7, 11) is -3.63. The van der Waals surface area contributed by atoms with E-state index in [0.29, 0.717) is 13.1 Å². The van der Waals surface area contributed by atoms with E-state index in [9.17, 15) is 13.2 Å². The molecule has 1 saturated heterocycles. The van der Waals surface area contributed by atoms with Crippen molar-refractivity contribution in [3.8, 4) is 0 Å². The molecule has 2 aliphatic rings. The number of nitrogens with one attached hydrogen (secondary N) is 1. The SMILES string of the molecule is Cc1ccsc1C1CC1C(=O)NS(=O)(=O)N1CCCC1. The third-order valence-electron chi connectivity index (χ3n) is 4.00.